The van der Waals surface area contributed by atoms with Crippen molar-refractivity contribution in [2.75, 3.05) is 7.05 Å². The minimum Gasteiger partial charge on any atom is -1.00 e. The van der Waals surface area contributed by atoms with E-state index in [0.29, 0.717) is 18.0 Å². The third-order valence-corrected chi connectivity index (χ3v) is 8.40. The summed E-state index contributed by atoms with van der Waals surface area (Å²) in [5.41, 5.74) is 3.14. The van der Waals surface area contributed by atoms with Crippen molar-refractivity contribution >= 4 is 0 Å². The summed E-state index contributed by atoms with van der Waals surface area (Å²) in [5.74, 6) is 0.578. The highest BCUT2D eigenvalue weighted by molar-refractivity contribution is 5.46. The van der Waals surface area contributed by atoms with Gasteiger partial charge in [0.05, 0.1) is 25.2 Å². The third-order valence-electron chi connectivity index (χ3n) is 8.40. The smallest absolute Gasteiger partial charge is 0.107 e. The molecule has 3 aromatic carbocycles. The van der Waals surface area contributed by atoms with Crippen LogP contribution in [0.2, 0.25) is 0 Å². The summed E-state index contributed by atoms with van der Waals surface area (Å²) in [5, 5.41) is 10.6. The lowest BCUT2D eigenvalue weighted by molar-refractivity contribution is -0.962. The van der Waals surface area contributed by atoms with E-state index in [1.165, 1.54) is 35.7 Å². The van der Waals surface area contributed by atoms with Crippen molar-refractivity contribution in [1.82, 2.24) is 0 Å². The zero-order valence-corrected chi connectivity index (χ0v) is 21.0. The number of nitriles is 1. The van der Waals surface area contributed by atoms with Crippen molar-refractivity contribution in [1.29, 1.82) is 5.26 Å². The van der Waals surface area contributed by atoms with Crippen LogP contribution in [0, 0.1) is 17.2 Å². The van der Waals surface area contributed by atoms with E-state index in [4.69, 9.17) is 0 Å². The fraction of sp³-hybridized carbons (Fsp3) is 0.367. The normalized spacial score (nSPS) is 26.2. The van der Waals surface area contributed by atoms with E-state index in [-0.39, 0.29) is 17.0 Å². The standard InChI is InChI=1S/C30H33N2.BrH/c1-32(22-24-11-5-2-6-12-24)28-17-18-29(32)20-25(19-28)21-30(23-31,26-13-7-3-8-14-26)27-15-9-4-10-16-27;/h2-16,25,28-29H,17-22H2,1H3;1H/q+1;/p-1/t25?,28-,29+,32?;. The maximum Gasteiger partial charge on any atom is 0.107 e. The molecule has 2 saturated heterocycles. The van der Waals surface area contributed by atoms with Crippen molar-refractivity contribution in [2.45, 2.75) is 56.1 Å². The molecule has 0 spiro atoms. The van der Waals surface area contributed by atoms with Gasteiger partial charge in [-0.15, -0.1) is 0 Å². The van der Waals surface area contributed by atoms with Gasteiger partial charge >= 0.3 is 0 Å². The minimum atomic E-state index is -0.577. The number of piperidine rings is 1. The summed E-state index contributed by atoms with van der Waals surface area (Å²) in [6.45, 7) is 1.13. The average molecular weight is 502 g/mol. The van der Waals surface area contributed by atoms with Crippen LogP contribution in [0.5, 0.6) is 0 Å². The molecule has 2 fully saturated rings. The predicted molar refractivity (Wildman–Crippen MR) is 130 cm³/mol. The number of hydrogen-bond donors (Lipinski definition) is 0. The number of nitrogens with zero attached hydrogens (tertiary/aromatic N) is 2. The van der Waals surface area contributed by atoms with Crippen LogP contribution >= 0.6 is 0 Å². The van der Waals surface area contributed by atoms with Gasteiger partial charge in [-0.1, -0.05) is 91.0 Å². The van der Waals surface area contributed by atoms with Crippen LogP contribution in [0.4, 0.5) is 0 Å². The Hall–Kier alpha value is -2.41. The number of quaternary nitrogens is 1. The van der Waals surface area contributed by atoms with E-state index in [9.17, 15) is 5.26 Å². The van der Waals surface area contributed by atoms with E-state index in [0.717, 1.165) is 24.1 Å². The van der Waals surface area contributed by atoms with Gasteiger partial charge in [-0.05, 0) is 23.5 Å². The van der Waals surface area contributed by atoms with Crippen LogP contribution in [-0.4, -0.2) is 23.6 Å². The number of hydrogen-bond acceptors (Lipinski definition) is 1. The van der Waals surface area contributed by atoms with Gasteiger partial charge < -0.3 is 21.5 Å². The van der Waals surface area contributed by atoms with E-state index in [2.05, 4.69) is 92.0 Å². The Bertz CT molecular complexity index is 1020. The summed E-state index contributed by atoms with van der Waals surface area (Å²) in [4.78, 5) is 0. The Morgan fingerprint density at radius 3 is 1.70 bits per heavy atom. The number of halogens is 1. The summed E-state index contributed by atoms with van der Waals surface area (Å²) < 4.78 is 1.18. The summed E-state index contributed by atoms with van der Waals surface area (Å²) in [6, 6.07) is 36.1. The van der Waals surface area contributed by atoms with Crippen molar-refractivity contribution in [3.8, 4) is 6.07 Å². The molecule has 3 heteroatoms. The van der Waals surface area contributed by atoms with Crippen LogP contribution in [0.1, 0.15) is 48.8 Å². The second kappa shape index (κ2) is 9.84. The molecule has 170 valence electrons. The first kappa shape index (κ1) is 23.7. The molecule has 0 radical (unpaired) electrons. The largest absolute Gasteiger partial charge is 1.00 e. The van der Waals surface area contributed by atoms with E-state index >= 15 is 0 Å². The van der Waals surface area contributed by atoms with Crippen molar-refractivity contribution in [3.63, 3.8) is 0 Å². The molecule has 4 atom stereocenters. The highest BCUT2D eigenvalue weighted by Crippen LogP contribution is 2.49. The van der Waals surface area contributed by atoms with Crippen LogP contribution in [0.15, 0.2) is 91.0 Å². The summed E-state index contributed by atoms with van der Waals surface area (Å²) in [6.07, 6.45) is 6.00. The Kier molecular flexibility index (Phi) is 7.07. The predicted octanol–water partition coefficient (Wildman–Crippen LogP) is 3.48. The topological polar surface area (TPSA) is 23.8 Å². The molecule has 2 nitrogen and oxygen atoms in total. The maximum absolute atomic E-state index is 10.6. The summed E-state index contributed by atoms with van der Waals surface area (Å²) in [7, 11) is 2.48. The van der Waals surface area contributed by atoms with Gasteiger partial charge in [0, 0.05) is 31.2 Å². The lowest BCUT2D eigenvalue weighted by Gasteiger charge is -2.48. The van der Waals surface area contributed by atoms with Crippen LogP contribution in [0.25, 0.3) is 0 Å². The first-order chi connectivity index (χ1) is 15.6. The Morgan fingerprint density at radius 1 is 0.788 bits per heavy atom. The number of fused-ring (bicyclic) bond motifs is 2. The molecule has 2 heterocycles. The van der Waals surface area contributed by atoms with Gasteiger partial charge in [0.1, 0.15) is 12.0 Å². The molecule has 3 aromatic rings. The van der Waals surface area contributed by atoms with Crippen molar-refractivity contribution in [3.05, 3.63) is 108 Å². The highest BCUT2D eigenvalue weighted by Gasteiger charge is 2.52. The molecule has 0 amide bonds. The van der Waals surface area contributed by atoms with E-state index < -0.39 is 5.41 Å². The summed E-state index contributed by atoms with van der Waals surface area (Å²) >= 11 is 0. The van der Waals surface area contributed by atoms with Gasteiger partial charge in [-0.3, -0.25) is 0 Å². The first-order valence-electron chi connectivity index (χ1n) is 12.1. The van der Waals surface area contributed by atoms with Gasteiger partial charge in [0.2, 0.25) is 0 Å². The Morgan fingerprint density at radius 2 is 1.24 bits per heavy atom. The molecule has 2 aliphatic rings. The second-order valence-electron chi connectivity index (χ2n) is 10.2. The number of rotatable bonds is 6. The Labute approximate surface area is 209 Å². The molecule has 5 rings (SSSR count). The van der Waals surface area contributed by atoms with E-state index in [1.54, 1.807) is 0 Å². The lowest BCUT2D eigenvalue weighted by Crippen LogP contribution is -3.00. The van der Waals surface area contributed by atoms with Crippen molar-refractivity contribution in [2.24, 2.45) is 5.92 Å². The van der Waals surface area contributed by atoms with Gasteiger partial charge in [0.15, 0.2) is 0 Å². The monoisotopic (exact) mass is 500 g/mol. The second-order valence-corrected chi connectivity index (χ2v) is 10.2. The van der Waals surface area contributed by atoms with Crippen LogP contribution in [0.3, 0.4) is 0 Å². The van der Waals surface area contributed by atoms with E-state index in [1.807, 2.05) is 12.1 Å². The fourth-order valence-electron chi connectivity index (χ4n) is 6.71. The molecule has 2 bridgehead atoms. The van der Waals surface area contributed by atoms with Gasteiger partial charge in [-0.25, -0.2) is 0 Å². The minimum absolute atomic E-state index is 0. The molecule has 33 heavy (non-hydrogen) atoms. The number of benzene rings is 3. The zero-order valence-electron chi connectivity index (χ0n) is 19.4. The van der Waals surface area contributed by atoms with Crippen molar-refractivity contribution < 1.29 is 21.5 Å². The molecule has 0 aromatic heterocycles. The third kappa shape index (κ3) is 4.39. The lowest BCUT2D eigenvalue weighted by atomic mass is 9.67. The Balaban J connectivity index is 0.00000259. The van der Waals surface area contributed by atoms with Crippen LogP contribution in [-0.2, 0) is 12.0 Å². The SMILES string of the molecule is C[N+]1(Cc2ccccc2)[C@@H]2CC[C@H]1CC(CC(C#N)(c1ccccc1)c1ccccc1)C2.[Br-]. The zero-order chi connectivity index (χ0) is 22.0. The highest BCUT2D eigenvalue weighted by atomic mass is 79.9. The molecular weight excluding hydrogens is 468 g/mol. The quantitative estimate of drug-likeness (QED) is 0.475. The molecule has 0 N–H and O–H groups in total. The molecule has 0 aliphatic carbocycles. The fourth-order valence-corrected chi connectivity index (χ4v) is 6.71. The molecule has 2 aliphatic heterocycles. The maximum atomic E-state index is 10.6. The molecule has 0 saturated carbocycles. The average Bonchev–Trinajstić information content (AvgIpc) is 3.00. The van der Waals surface area contributed by atoms with Crippen LogP contribution < -0.4 is 17.0 Å². The first-order valence-corrected chi connectivity index (χ1v) is 12.1. The molecular formula is C30H33BrN2. The van der Waals surface area contributed by atoms with Gasteiger partial charge in [-0.2, -0.15) is 5.26 Å². The molecule has 2 unspecified atom stereocenters. The van der Waals surface area contributed by atoms with Gasteiger partial charge in [0.25, 0.3) is 0 Å².